The fourth-order valence-corrected chi connectivity index (χ4v) is 8.98. The third-order valence-electron chi connectivity index (χ3n) is 11.5. The van der Waals surface area contributed by atoms with E-state index < -0.39 is 0 Å². The van der Waals surface area contributed by atoms with E-state index in [-0.39, 0.29) is 0 Å². The molecule has 1 aromatic heterocycles. The first-order valence-corrected chi connectivity index (χ1v) is 17.2. The number of benzene rings is 5. The molecule has 0 aliphatic heterocycles. The maximum Gasteiger partial charge on any atom is 0.164 e. The minimum Gasteiger partial charge on any atom is -0.208 e. The van der Waals surface area contributed by atoms with E-state index >= 15 is 0 Å². The lowest BCUT2D eigenvalue weighted by molar-refractivity contribution is -0.141. The standard InChI is InChI=1S/C44H36N4/c1-44(25-37-23-36-24-38(26-44)40(36)37)39-20-18-31(19-21-39)34-8-5-9-35(22-34)43-47-41(32-12-10-28(27-45)11-13-32)46-42(48-43)33-16-14-30(15-17-33)29-6-3-2-4-7-29/h2-22,36-38,40H,23-26H2,1H3/t36-,37-,38+,40?,44?. The third-order valence-corrected chi connectivity index (χ3v) is 11.5. The molecule has 5 atom stereocenters. The first kappa shape index (κ1) is 28.8. The van der Waals surface area contributed by atoms with Crippen LogP contribution < -0.4 is 0 Å². The highest BCUT2D eigenvalue weighted by Crippen LogP contribution is 2.67. The van der Waals surface area contributed by atoms with Gasteiger partial charge in [0, 0.05) is 16.7 Å². The largest absolute Gasteiger partial charge is 0.208 e. The van der Waals surface area contributed by atoms with Crippen molar-refractivity contribution in [2.45, 2.75) is 38.0 Å². The van der Waals surface area contributed by atoms with Crippen LogP contribution in [0.2, 0.25) is 0 Å². The van der Waals surface area contributed by atoms with Crippen molar-refractivity contribution in [1.82, 2.24) is 15.0 Å². The van der Waals surface area contributed by atoms with Crippen molar-refractivity contribution in [1.29, 1.82) is 5.26 Å². The van der Waals surface area contributed by atoms with Crippen LogP contribution in [-0.4, -0.2) is 15.0 Å². The predicted octanol–water partition coefficient (Wildman–Crippen LogP) is 10.4. The van der Waals surface area contributed by atoms with Crippen molar-refractivity contribution in [3.63, 3.8) is 0 Å². The average molecular weight is 621 g/mol. The van der Waals surface area contributed by atoms with Gasteiger partial charge in [-0.25, -0.2) is 15.0 Å². The summed E-state index contributed by atoms with van der Waals surface area (Å²) in [7, 11) is 0. The molecule has 0 radical (unpaired) electrons. The molecule has 48 heavy (non-hydrogen) atoms. The van der Waals surface area contributed by atoms with Crippen LogP contribution in [0.3, 0.4) is 0 Å². The Balaban J connectivity index is 1.05. The Morgan fingerprint density at radius 3 is 1.60 bits per heavy atom. The van der Waals surface area contributed by atoms with E-state index in [1.807, 2.05) is 18.2 Å². The van der Waals surface area contributed by atoms with Gasteiger partial charge in [0.25, 0.3) is 0 Å². The predicted molar refractivity (Wildman–Crippen MR) is 192 cm³/mol. The van der Waals surface area contributed by atoms with Gasteiger partial charge in [0.2, 0.25) is 0 Å². The molecule has 5 aromatic carbocycles. The summed E-state index contributed by atoms with van der Waals surface area (Å²) in [5, 5.41) is 9.35. The molecule has 0 N–H and O–H groups in total. The zero-order valence-electron chi connectivity index (χ0n) is 27.1. The monoisotopic (exact) mass is 620 g/mol. The zero-order chi connectivity index (χ0) is 32.2. The summed E-state index contributed by atoms with van der Waals surface area (Å²) >= 11 is 0. The molecule has 2 unspecified atom stereocenters. The SMILES string of the molecule is CC1(c2ccc(-c3cccc(-c4nc(-c5ccc(C#N)cc5)nc(-c5ccc(-c6ccccc6)cc5)n4)c3)cc2)C[C@H]2C[C@@H]3C[C@@H](C1)C32. The highest BCUT2D eigenvalue weighted by Gasteiger charge is 2.59. The molecule has 4 heteroatoms. The van der Waals surface area contributed by atoms with E-state index in [9.17, 15) is 5.26 Å². The molecule has 1 heterocycles. The third kappa shape index (κ3) is 5.02. The van der Waals surface area contributed by atoms with Gasteiger partial charge >= 0.3 is 0 Å². The maximum absolute atomic E-state index is 9.35. The van der Waals surface area contributed by atoms with E-state index in [2.05, 4.69) is 110 Å². The number of nitriles is 1. The van der Waals surface area contributed by atoms with E-state index in [4.69, 9.17) is 15.0 Å². The summed E-state index contributed by atoms with van der Waals surface area (Å²) in [5.74, 6) is 5.81. The zero-order valence-corrected chi connectivity index (χ0v) is 27.1. The minimum absolute atomic E-state index is 0.292. The van der Waals surface area contributed by atoms with Crippen molar-refractivity contribution in [3.05, 3.63) is 139 Å². The lowest BCUT2D eigenvalue weighted by Gasteiger charge is -2.65. The van der Waals surface area contributed by atoms with Crippen LogP contribution in [0.25, 0.3) is 56.4 Å². The van der Waals surface area contributed by atoms with Gasteiger partial charge in [-0.3, -0.25) is 0 Å². The summed E-state index contributed by atoms with van der Waals surface area (Å²) in [5.41, 5.74) is 9.72. The van der Waals surface area contributed by atoms with Crippen LogP contribution in [0, 0.1) is 35.0 Å². The molecule has 3 fully saturated rings. The summed E-state index contributed by atoms with van der Waals surface area (Å²) in [4.78, 5) is 14.9. The van der Waals surface area contributed by atoms with Gasteiger partial charge in [-0.2, -0.15) is 5.26 Å². The van der Waals surface area contributed by atoms with Gasteiger partial charge in [-0.05, 0) is 113 Å². The fourth-order valence-electron chi connectivity index (χ4n) is 8.98. The summed E-state index contributed by atoms with van der Waals surface area (Å²) in [6.07, 6.45) is 5.62. The molecule has 0 saturated heterocycles. The van der Waals surface area contributed by atoms with Crippen LogP contribution in [0.4, 0.5) is 0 Å². The molecule has 4 nitrogen and oxygen atoms in total. The van der Waals surface area contributed by atoms with Crippen LogP contribution in [-0.2, 0) is 5.41 Å². The quantitative estimate of drug-likeness (QED) is 0.186. The molecule has 3 aliphatic rings. The number of aromatic nitrogens is 3. The van der Waals surface area contributed by atoms with E-state index in [0.29, 0.717) is 28.5 Å². The van der Waals surface area contributed by atoms with E-state index in [0.717, 1.165) is 51.5 Å². The molecule has 0 bridgehead atoms. The first-order valence-electron chi connectivity index (χ1n) is 17.2. The van der Waals surface area contributed by atoms with Crippen molar-refractivity contribution in [2.75, 3.05) is 0 Å². The van der Waals surface area contributed by atoms with Crippen LogP contribution in [0.5, 0.6) is 0 Å². The molecule has 0 spiro atoms. The Labute approximate surface area is 282 Å². The average Bonchev–Trinajstić information content (AvgIpc) is 3.13. The smallest absolute Gasteiger partial charge is 0.164 e. The molecule has 9 rings (SSSR count). The molecule has 0 amide bonds. The van der Waals surface area contributed by atoms with Crippen molar-refractivity contribution < 1.29 is 0 Å². The minimum atomic E-state index is 0.292. The summed E-state index contributed by atoms with van der Waals surface area (Å²) < 4.78 is 0. The molecular formula is C44H36N4. The van der Waals surface area contributed by atoms with Gasteiger partial charge in [0.15, 0.2) is 17.5 Å². The normalized spacial score (nSPS) is 23.7. The Bertz CT molecular complexity index is 2150. The molecule has 3 aliphatic carbocycles. The lowest BCUT2D eigenvalue weighted by Crippen LogP contribution is -2.58. The number of hydrogen-bond acceptors (Lipinski definition) is 4. The van der Waals surface area contributed by atoms with Gasteiger partial charge in [0.1, 0.15) is 0 Å². The molecule has 3 saturated carbocycles. The second kappa shape index (κ2) is 11.4. The van der Waals surface area contributed by atoms with Crippen molar-refractivity contribution in [2.24, 2.45) is 23.7 Å². The van der Waals surface area contributed by atoms with Crippen LogP contribution in [0.1, 0.15) is 43.7 Å². The maximum atomic E-state index is 9.35. The Kier molecular flexibility index (Phi) is 6.83. The van der Waals surface area contributed by atoms with Crippen molar-refractivity contribution in [3.8, 4) is 62.5 Å². The molecular weight excluding hydrogens is 585 g/mol. The highest BCUT2D eigenvalue weighted by atomic mass is 15.0. The van der Waals surface area contributed by atoms with Crippen molar-refractivity contribution >= 4 is 0 Å². The first-order chi connectivity index (χ1) is 23.5. The number of hydrogen-bond donors (Lipinski definition) is 0. The molecule has 232 valence electrons. The van der Waals surface area contributed by atoms with E-state index in [1.54, 1.807) is 12.1 Å². The molecule has 6 aromatic rings. The highest BCUT2D eigenvalue weighted by molar-refractivity contribution is 5.74. The van der Waals surface area contributed by atoms with E-state index in [1.165, 1.54) is 42.4 Å². The second-order valence-electron chi connectivity index (χ2n) is 14.4. The van der Waals surface area contributed by atoms with Gasteiger partial charge in [-0.15, -0.1) is 0 Å². The Hall–Kier alpha value is -5.40. The Morgan fingerprint density at radius 1 is 0.521 bits per heavy atom. The Morgan fingerprint density at radius 2 is 1.00 bits per heavy atom. The van der Waals surface area contributed by atoms with Gasteiger partial charge < -0.3 is 0 Å². The fraction of sp³-hybridized carbons (Fsp3) is 0.227. The van der Waals surface area contributed by atoms with Gasteiger partial charge in [0.05, 0.1) is 11.6 Å². The summed E-state index contributed by atoms with van der Waals surface area (Å²) in [6.45, 7) is 2.50. The van der Waals surface area contributed by atoms with Crippen LogP contribution in [0.15, 0.2) is 127 Å². The van der Waals surface area contributed by atoms with Crippen LogP contribution >= 0.6 is 0 Å². The topological polar surface area (TPSA) is 62.5 Å². The number of nitrogens with zero attached hydrogens (tertiary/aromatic N) is 4. The number of rotatable bonds is 6. The second-order valence-corrected chi connectivity index (χ2v) is 14.4. The van der Waals surface area contributed by atoms with Gasteiger partial charge in [-0.1, -0.05) is 104 Å². The lowest BCUT2D eigenvalue weighted by atomic mass is 9.39. The summed E-state index contributed by atoms with van der Waals surface area (Å²) in [6, 6.07) is 46.2.